The average molecular weight is 511 g/mol. The number of guanidine groups is 1. The van der Waals surface area contributed by atoms with Crippen LogP contribution in [0.15, 0.2) is 40.7 Å². The van der Waals surface area contributed by atoms with Crippen molar-refractivity contribution >= 4 is 41.3 Å². The number of hydrogen-bond acceptors (Lipinski definition) is 4. The molecule has 0 radical (unpaired) electrons. The summed E-state index contributed by atoms with van der Waals surface area (Å²) in [5, 5.41) is 8.40. The first-order chi connectivity index (χ1) is 12.5. The second-order valence-electron chi connectivity index (χ2n) is 5.58. The van der Waals surface area contributed by atoms with Crippen LogP contribution in [-0.2, 0) is 6.54 Å². The maximum absolute atomic E-state index is 12.6. The molecule has 150 valence electrons. The Morgan fingerprint density at radius 1 is 1.26 bits per heavy atom. The molecule has 0 saturated carbocycles. The number of nitrogens with zero attached hydrogens (tertiary/aromatic N) is 1. The molecule has 2 aromatic rings. The number of nitrogens with one attached hydrogen (secondary N) is 2. The van der Waals surface area contributed by atoms with E-state index in [4.69, 9.17) is 4.74 Å². The van der Waals surface area contributed by atoms with Crippen molar-refractivity contribution in [3.05, 3.63) is 46.2 Å². The summed E-state index contributed by atoms with van der Waals surface area (Å²) < 4.78 is 34.9. The van der Waals surface area contributed by atoms with Gasteiger partial charge in [-0.05, 0) is 29.6 Å². The van der Waals surface area contributed by atoms with E-state index in [2.05, 4.69) is 33.4 Å². The minimum atomic E-state index is -2.88. The number of halogens is 3. The molecule has 2 N–H and O–H groups in total. The molecule has 0 saturated heterocycles. The number of alkyl halides is 2. The Labute approximate surface area is 179 Å². The van der Waals surface area contributed by atoms with E-state index in [1.54, 1.807) is 30.5 Å². The lowest BCUT2D eigenvalue weighted by atomic mass is 10.1. The number of rotatable bonds is 8. The Bertz CT molecular complexity index is 715. The topological polar surface area (TPSA) is 54.9 Å². The number of aliphatic imine (C=N–C) groups is 1. The maximum atomic E-state index is 12.6. The van der Waals surface area contributed by atoms with Crippen molar-refractivity contribution in [1.29, 1.82) is 0 Å². The maximum Gasteiger partial charge on any atom is 0.387 e. The van der Waals surface area contributed by atoms with E-state index < -0.39 is 6.61 Å². The third kappa shape index (κ3) is 7.49. The first kappa shape index (κ1) is 23.4. The third-order valence-corrected chi connectivity index (χ3v) is 4.86. The summed E-state index contributed by atoms with van der Waals surface area (Å²) in [6, 6.07) is 8.83. The summed E-state index contributed by atoms with van der Waals surface area (Å²) in [5.74, 6) is 1.59. The summed E-state index contributed by atoms with van der Waals surface area (Å²) in [6.45, 7) is 0.222. The minimum Gasteiger partial charge on any atom is -0.497 e. The number of benzene rings is 1. The van der Waals surface area contributed by atoms with E-state index in [1.807, 2.05) is 11.4 Å². The van der Waals surface area contributed by atoms with Crippen molar-refractivity contribution in [2.45, 2.75) is 26.0 Å². The van der Waals surface area contributed by atoms with E-state index in [1.165, 1.54) is 18.1 Å². The zero-order valence-electron chi connectivity index (χ0n) is 15.4. The van der Waals surface area contributed by atoms with Crippen molar-refractivity contribution in [3.63, 3.8) is 0 Å². The fourth-order valence-electron chi connectivity index (χ4n) is 2.35. The van der Waals surface area contributed by atoms with Gasteiger partial charge in [0.25, 0.3) is 0 Å². The fraction of sp³-hybridized carbons (Fsp3) is 0.389. The molecule has 0 amide bonds. The molecule has 1 aromatic heterocycles. The summed E-state index contributed by atoms with van der Waals surface area (Å²) in [7, 11) is 3.18. The van der Waals surface area contributed by atoms with Crippen LogP contribution >= 0.6 is 35.3 Å². The Hall–Kier alpha value is -1.62. The van der Waals surface area contributed by atoms with Crippen LogP contribution in [-0.4, -0.2) is 33.3 Å². The lowest BCUT2D eigenvalue weighted by Crippen LogP contribution is -2.38. The molecule has 0 aliphatic heterocycles. The first-order valence-electron chi connectivity index (χ1n) is 8.13. The summed E-state index contributed by atoms with van der Waals surface area (Å²) in [5.41, 5.74) is 0.555. The van der Waals surface area contributed by atoms with Crippen LogP contribution in [0, 0.1) is 0 Å². The molecule has 0 aliphatic carbocycles. The van der Waals surface area contributed by atoms with Gasteiger partial charge in [-0.25, -0.2) is 0 Å². The smallest absolute Gasteiger partial charge is 0.387 e. The van der Waals surface area contributed by atoms with Crippen molar-refractivity contribution < 1.29 is 18.3 Å². The molecule has 1 aromatic carbocycles. The number of ether oxygens (including phenoxy) is 2. The molecule has 0 fully saturated rings. The Morgan fingerprint density at radius 2 is 2.04 bits per heavy atom. The lowest BCUT2D eigenvalue weighted by molar-refractivity contribution is -0.0504. The normalized spacial score (nSPS) is 12.3. The molecule has 1 atom stereocenters. The molecule has 1 unspecified atom stereocenters. The molecular weight excluding hydrogens is 487 g/mol. The van der Waals surface area contributed by atoms with Gasteiger partial charge in [0.1, 0.15) is 11.5 Å². The van der Waals surface area contributed by atoms with Gasteiger partial charge in [0, 0.05) is 36.5 Å². The molecule has 0 bridgehead atoms. The van der Waals surface area contributed by atoms with Crippen molar-refractivity contribution in [2.24, 2.45) is 4.99 Å². The average Bonchev–Trinajstić information content (AvgIpc) is 3.17. The number of methoxy groups -OCH3 is 1. The molecule has 1 heterocycles. The molecule has 5 nitrogen and oxygen atoms in total. The second-order valence-corrected chi connectivity index (χ2v) is 6.55. The standard InChI is InChI=1S/C18H23F2N3O2S.HI/c1-12(16-5-4-8-26-16)10-22-18(21-2)23-11-13-9-14(24-3)6-7-15(13)25-17(19)20;/h4-9,12,17H,10-11H2,1-3H3,(H2,21,22,23);1H. The Balaban J connectivity index is 0.00000364. The summed E-state index contributed by atoms with van der Waals surface area (Å²) in [6.07, 6.45) is 0. The predicted molar refractivity (Wildman–Crippen MR) is 116 cm³/mol. The van der Waals surface area contributed by atoms with E-state index in [0.717, 1.165) is 0 Å². The first-order valence-corrected chi connectivity index (χ1v) is 9.01. The van der Waals surface area contributed by atoms with Gasteiger partial charge in [-0.2, -0.15) is 8.78 Å². The van der Waals surface area contributed by atoms with E-state index in [-0.39, 0.29) is 36.3 Å². The van der Waals surface area contributed by atoms with Crippen molar-refractivity contribution in [1.82, 2.24) is 10.6 Å². The highest BCUT2D eigenvalue weighted by atomic mass is 127. The summed E-state index contributed by atoms with van der Waals surface area (Å²) in [4.78, 5) is 5.45. The van der Waals surface area contributed by atoms with Crippen molar-refractivity contribution in [2.75, 3.05) is 20.7 Å². The zero-order chi connectivity index (χ0) is 18.9. The predicted octanol–water partition coefficient (Wildman–Crippen LogP) is 4.44. The van der Waals surface area contributed by atoms with Gasteiger partial charge in [-0.3, -0.25) is 4.99 Å². The lowest BCUT2D eigenvalue weighted by Gasteiger charge is -2.17. The SMILES string of the molecule is CN=C(NCc1cc(OC)ccc1OC(F)F)NCC(C)c1cccs1.I. The van der Waals surface area contributed by atoms with Crippen LogP contribution in [0.3, 0.4) is 0 Å². The molecule has 0 aliphatic rings. The monoisotopic (exact) mass is 511 g/mol. The van der Waals surface area contributed by atoms with Crippen LogP contribution in [0.1, 0.15) is 23.3 Å². The van der Waals surface area contributed by atoms with Gasteiger partial charge >= 0.3 is 6.61 Å². The highest BCUT2D eigenvalue weighted by Crippen LogP contribution is 2.25. The second kappa shape index (κ2) is 12.0. The van der Waals surface area contributed by atoms with E-state index >= 15 is 0 Å². The van der Waals surface area contributed by atoms with Gasteiger partial charge in [-0.1, -0.05) is 13.0 Å². The van der Waals surface area contributed by atoms with Crippen LogP contribution in [0.5, 0.6) is 11.5 Å². The fourth-order valence-corrected chi connectivity index (χ4v) is 3.14. The molecule has 9 heteroatoms. The number of hydrogen-bond donors (Lipinski definition) is 2. The quantitative estimate of drug-likeness (QED) is 0.313. The van der Waals surface area contributed by atoms with Crippen molar-refractivity contribution in [3.8, 4) is 11.5 Å². The van der Waals surface area contributed by atoms with Gasteiger partial charge in [0.2, 0.25) is 0 Å². The summed E-state index contributed by atoms with van der Waals surface area (Å²) >= 11 is 1.71. The molecule has 27 heavy (non-hydrogen) atoms. The Kier molecular flexibility index (Phi) is 10.4. The number of thiophene rings is 1. The van der Waals surface area contributed by atoms with Gasteiger partial charge in [0.05, 0.1) is 7.11 Å². The largest absolute Gasteiger partial charge is 0.497 e. The van der Waals surface area contributed by atoms with Crippen LogP contribution in [0.4, 0.5) is 8.78 Å². The Morgan fingerprint density at radius 3 is 2.63 bits per heavy atom. The van der Waals surface area contributed by atoms with E-state index in [9.17, 15) is 8.78 Å². The van der Waals surface area contributed by atoms with Crippen LogP contribution < -0.4 is 20.1 Å². The molecular formula is C18H24F2IN3O2S. The van der Waals surface area contributed by atoms with E-state index in [0.29, 0.717) is 29.7 Å². The third-order valence-electron chi connectivity index (χ3n) is 3.76. The van der Waals surface area contributed by atoms with Gasteiger partial charge in [-0.15, -0.1) is 35.3 Å². The van der Waals surface area contributed by atoms with Crippen LogP contribution in [0.25, 0.3) is 0 Å². The van der Waals surface area contributed by atoms with Crippen LogP contribution in [0.2, 0.25) is 0 Å². The van der Waals surface area contributed by atoms with Gasteiger partial charge < -0.3 is 20.1 Å². The molecule has 0 spiro atoms. The highest BCUT2D eigenvalue weighted by molar-refractivity contribution is 14.0. The minimum absolute atomic E-state index is 0. The van der Waals surface area contributed by atoms with Gasteiger partial charge in [0.15, 0.2) is 5.96 Å². The highest BCUT2D eigenvalue weighted by Gasteiger charge is 2.12. The zero-order valence-corrected chi connectivity index (χ0v) is 18.5. The molecule has 2 rings (SSSR count).